The van der Waals surface area contributed by atoms with E-state index in [1.165, 1.54) is 25.8 Å². The van der Waals surface area contributed by atoms with Crippen LogP contribution in [0.2, 0.25) is 0 Å². The summed E-state index contributed by atoms with van der Waals surface area (Å²) in [5.41, 5.74) is 0. The van der Waals surface area contributed by atoms with E-state index in [1.54, 1.807) is 0 Å². The highest BCUT2D eigenvalue weighted by atomic mass is 16.3. The zero-order valence-electron chi connectivity index (χ0n) is 10.9. The summed E-state index contributed by atoms with van der Waals surface area (Å²) in [5, 5.41) is 12.7. The second-order valence-electron chi connectivity index (χ2n) is 4.89. The van der Waals surface area contributed by atoms with Gasteiger partial charge in [0.05, 0.1) is 6.61 Å². The predicted molar refractivity (Wildman–Crippen MR) is 68.7 cm³/mol. The molecule has 1 aliphatic rings. The lowest BCUT2D eigenvalue weighted by atomic mass is 10.2. The molecule has 1 fully saturated rings. The van der Waals surface area contributed by atoms with Gasteiger partial charge in [-0.2, -0.15) is 0 Å². The van der Waals surface area contributed by atoms with Crippen LogP contribution in [-0.2, 0) is 0 Å². The first-order chi connectivity index (χ1) is 7.81. The molecule has 0 aliphatic heterocycles. The molecule has 0 spiro atoms. The lowest BCUT2D eigenvalue weighted by Gasteiger charge is -2.24. The lowest BCUT2D eigenvalue weighted by molar-refractivity contribution is 0.201. The molecule has 0 aromatic carbocycles. The van der Waals surface area contributed by atoms with E-state index in [0.29, 0.717) is 0 Å². The predicted octanol–water partition coefficient (Wildman–Crippen LogP) is 1.61. The minimum Gasteiger partial charge on any atom is -0.395 e. The molecule has 1 aliphatic carbocycles. The standard InChI is InChI=1S/C13H28N2O/c1-3-8-14-12(11-16)7-10-15(9-4-2)13-5-6-13/h12-14,16H,3-11H2,1-2H3. The van der Waals surface area contributed by atoms with Gasteiger partial charge >= 0.3 is 0 Å². The third kappa shape index (κ3) is 5.28. The van der Waals surface area contributed by atoms with Crippen molar-refractivity contribution in [1.82, 2.24) is 10.2 Å². The summed E-state index contributed by atoms with van der Waals surface area (Å²) < 4.78 is 0. The first-order valence-corrected chi connectivity index (χ1v) is 6.90. The van der Waals surface area contributed by atoms with Crippen molar-refractivity contribution in [3.63, 3.8) is 0 Å². The summed E-state index contributed by atoms with van der Waals surface area (Å²) in [6.45, 7) is 8.05. The summed E-state index contributed by atoms with van der Waals surface area (Å²) in [7, 11) is 0. The Bertz CT molecular complexity index is 171. The van der Waals surface area contributed by atoms with Crippen molar-refractivity contribution in [2.75, 3.05) is 26.2 Å². The topological polar surface area (TPSA) is 35.5 Å². The number of rotatable bonds is 10. The van der Waals surface area contributed by atoms with E-state index in [4.69, 9.17) is 0 Å². The van der Waals surface area contributed by atoms with Crippen molar-refractivity contribution in [2.24, 2.45) is 0 Å². The van der Waals surface area contributed by atoms with E-state index in [2.05, 4.69) is 24.1 Å². The van der Waals surface area contributed by atoms with E-state index in [-0.39, 0.29) is 12.6 Å². The Morgan fingerprint density at radius 2 is 2.00 bits per heavy atom. The van der Waals surface area contributed by atoms with Gasteiger partial charge in [0.25, 0.3) is 0 Å². The molecule has 16 heavy (non-hydrogen) atoms. The van der Waals surface area contributed by atoms with Gasteiger partial charge in [0.15, 0.2) is 0 Å². The molecule has 1 unspecified atom stereocenters. The van der Waals surface area contributed by atoms with Crippen LogP contribution in [0.25, 0.3) is 0 Å². The van der Waals surface area contributed by atoms with Crippen LogP contribution >= 0.6 is 0 Å². The fraction of sp³-hybridized carbons (Fsp3) is 1.00. The maximum Gasteiger partial charge on any atom is 0.0585 e. The highest BCUT2D eigenvalue weighted by Crippen LogP contribution is 2.27. The molecule has 1 saturated carbocycles. The first-order valence-electron chi connectivity index (χ1n) is 6.90. The van der Waals surface area contributed by atoms with Gasteiger partial charge < -0.3 is 15.3 Å². The second kappa shape index (κ2) is 8.04. The highest BCUT2D eigenvalue weighted by Gasteiger charge is 2.28. The van der Waals surface area contributed by atoms with Gasteiger partial charge in [-0.05, 0) is 51.7 Å². The Kier molecular flexibility index (Phi) is 7.01. The maximum atomic E-state index is 9.27. The number of aliphatic hydroxyl groups excluding tert-OH is 1. The third-order valence-corrected chi connectivity index (χ3v) is 3.24. The SMILES string of the molecule is CCCNC(CO)CCN(CCC)C1CC1. The van der Waals surface area contributed by atoms with E-state index in [0.717, 1.165) is 32.0 Å². The summed E-state index contributed by atoms with van der Waals surface area (Å²) in [5.74, 6) is 0. The smallest absolute Gasteiger partial charge is 0.0585 e. The molecule has 0 bridgehead atoms. The van der Waals surface area contributed by atoms with Crippen molar-refractivity contribution >= 4 is 0 Å². The van der Waals surface area contributed by atoms with Crippen LogP contribution in [0.4, 0.5) is 0 Å². The molecular weight excluding hydrogens is 200 g/mol. The largest absolute Gasteiger partial charge is 0.395 e. The average Bonchev–Trinajstić information content (AvgIpc) is 3.11. The molecule has 0 radical (unpaired) electrons. The number of nitrogens with one attached hydrogen (secondary N) is 1. The Hall–Kier alpha value is -0.120. The van der Waals surface area contributed by atoms with Gasteiger partial charge in [-0.25, -0.2) is 0 Å². The van der Waals surface area contributed by atoms with E-state index in [9.17, 15) is 5.11 Å². The molecule has 2 N–H and O–H groups in total. The molecule has 0 amide bonds. The summed E-state index contributed by atoms with van der Waals surface area (Å²) in [6, 6.07) is 1.14. The number of hydrogen-bond donors (Lipinski definition) is 2. The molecule has 3 heteroatoms. The molecule has 96 valence electrons. The van der Waals surface area contributed by atoms with Crippen LogP contribution < -0.4 is 5.32 Å². The van der Waals surface area contributed by atoms with Crippen LogP contribution in [0, 0.1) is 0 Å². The summed E-state index contributed by atoms with van der Waals surface area (Å²) in [6.07, 6.45) is 6.21. The van der Waals surface area contributed by atoms with Gasteiger partial charge in [-0.15, -0.1) is 0 Å². The van der Waals surface area contributed by atoms with Crippen LogP contribution in [-0.4, -0.2) is 48.3 Å². The molecule has 1 rings (SSSR count). The zero-order chi connectivity index (χ0) is 11.8. The summed E-state index contributed by atoms with van der Waals surface area (Å²) in [4.78, 5) is 2.59. The fourth-order valence-corrected chi connectivity index (χ4v) is 2.13. The molecule has 0 heterocycles. The zero-order valence-corrected chi connectivity index (χ0v) is 10.9. The van der Waals surface area contributed by atoms with Crippen LogP contribution in [0.15, 0.2) is 0 Å². The van der Waals surface area contributed by atoms with E-state index >= 15 is 0 Å². The molecule has 3 nitrogen and oxygen atoms in total. The molecule has 0 saturated heterocycles. The van der Waals surface area contributed by atoms with Gasteiger partial charge in [0.1, 0.15) is 0 Å². The second-order valence-corrected chi connectivity index (χ2v) is 4.89. The van der Waals surface area contributed by atoms with E-state index in [1.807, 2.05) is 0 Å². The fourth-order valence-electron chi connectivity index (χ4n) is 2.13. The van der Waals surface area contributed by atoms with Gasteiger partial charge in [-0.3, -0.25) is 0 Å². The first kappa shape index (κ1) is 13.9. The Morgan fingerprint density at radius 1 is 1.25 bits per heavy atom. The van der Waals surface area contributed by atoms with Crippen molar-refractivity contribution < 1.29 is 5.11 Å². The minimum absolute atomic E-state index is 0.268. The third-order valence-electron chi connectivity index (χ3n) is 3.24. The Labute approximate surface area is 100 Å². The maximum absolute atomic E-state index is 9.27. The molecule has 0 aromatic rings. The van der Waals surface area contributed by atoms with Crippen LogP contribution in [0.1, 0.15) is 46.0 Å². The molecule has 1 atom stereocenters. The lowest BCUT2D eigenvalue weighted by Crippen LogP contribution is -2.38. The quantitative estimate of drug-likeness (QED) is 0.596. The van der Waals surface area contributed by atoms with Gasteiger partial charge in [0, 0.05) is 12.1 Å². The Morgan fingerprint density at radius 3 is 2.50 bits per heavy atom. The normalized spacial score (nSPS) is 18.0. The number of hydrogen-bond acceptors (Lipinski definition) is 3. The van der Waals surface area contributed by atoms with Crippen molar-refractivity contribution in [1.29, 1.82) is 0 Å². The highest BCUT2D eigenvalue weighted by molar-refractivity contribution is 4.85. The van der Waals surface area contributed by atoms with Crippen LogP contribution in [0.3, 0.4) is 0 Å². The monoisotopic (exact) mass is 228 g/mol. The Balaban J connectivity index is 2.17. The van der Waals surface area contributed by atoms with Gasteiger partial charge in [0.2, 0.25) is 0 Å². The van der Waals surface area contributed by atoms with Gasteiger partial charge in [-0.1, -0.05) is 13.8 Å². The average molecular weight is 228 g/mol. The minimum atomic E-state index is 0.268. The van der Waals surface area contributed by atoms with Crippen LogP contribution in [0.5, 0.6) is 0 Å². The van der Waals surface area contributed by atoms with E-state index < -0.39 is 0 Å². The number of aliphatic hydroxyl groups is 1. The number of nitrogens with zero attached hydrogens (tertiary/aromatic N) is 1. The van der Waals surface area contributed by atoms with Crippen molar-refractivity contribution in [2.45, 2.75) is 58.0 Å². The molecule has 0 aromatic heterocycles. The molecular formula is C13H28N2O. The summed E-state index contributed by atoms with van der Waals surface area (Å²) >= 11 is 0. The van der Waals surface area contributed by atoms with Crippen molar-refractivity contribution in [3.05, 3.63) is 0 Å². The van der Waals surface area contributed by atoms with Crippen molar-refractivity contribution in [3.8, 4) is 0 Å².